The zero-order valence-electron chi connectivity index (χ0n) is 14.6. The number of benzene rings is 1. The molecule has 0 radical (unpaired) electrons. The molecule has 0 unspecified atom stereocenters. The van der Waals surface area contributed by atoms with Crippen LogP contribution in [0.25, 0.3) is 0 Å². The summed E-state index contributed by atoms with van der Waals surface area (Å²) in [6.07, 6.45) is 2.72. The predicted molar refractivity (Wildman–Crippen MR) is 99.1 cm³/mol. The normalized spacial score (nSPS) is 15.8. The van der Waals surface area contributed by atoms with Crippen LogP contribution in [-0.2, 0) is 17.8 Å². The molecule has 0 aliphatic carbocycles. The second-order valence-electron chi connectivity index (χ2n) is 6.46. The van der Waals surface area contributed by atoms with Crippen molar-refractivity contribution in [2.45, 2.75) is 13.0 Å². The molecule has 1 amide bonds. The van der Waals surface area contributed by atoms with Crippen LogP contribution in [0.15, 0.2) is 54.7 Å². The SMILES string of the molecule is O=C(CN1CCN(Cc2ccccn2)CC1)NCCc1ccccc1. The molecule has 0 spiro atoms. The van der Waals surface area contributed by atoms with Crippen LogP contribution >= 0.6 is 0 Å². The molecule has 1 aliphatic rings. The highest BCUT2D eigenvalue weighted by Gasteiger charge is 2.19. The van der Waals surface area contributed by atoms with Crippen LogP contribution < -0.4 is 5.32 Å². The van der Waals surface area contributed by atoms with Gasteiger partial charge in [-0.1, -0.05) is 36.4 Å². The van der Waals surface area contributed by atoms with Crippen molar-refractivity contribution in [2.24, 2.45) is 0 Å². The Morgan fingerprint density at radius 3 is 2.40 bits per heavy atom. The van der Waals surface area contributed by atoms with Crippen LogP contribution in [0, 0.1) is 0 Å². The van der Waals surface area contributed by atoms with E-state index < -0.39 is 0 Å². The molecule has 1 N–H and O–H groups in total. The van der Waals surface area contributed by atoms with Crippen molar-refractivity contribution >= 4 is 5.91 Å². The predicted octanol–water partition coefficient (Wildman–Crippen LogP) is 1.56. The van der Waals surface area contributed by atoms with Crippen molar-refractivity contribution in [1.82, 2.24) is 20.1 Å². The number of aromatic nitrogens is 1. The van der Waals surface area contributed by atoms with E-state index in [2.05, 4.69) is 38.3 Å². The minimum absolute atomic E-state index is 0.120. The fourth-order valence-electron chi connectivity index (χ4n) is 3.08. The highest BCUT2D eigenvalue weighted by molar-refractivity contribution is 5.78. The van der Waals surface area contributed by atoms with Gasteiger partial charge in [0.25, 0.3) is 0 Å². The third-order valence-electron chi connectivity index (χ3n) is 4.52. The Morgan fingerprint density at radius 1 is 0.960 bits per heavy atom. The lowest BCUT2D eigenvalue weighted by Gasteiger charge is -2.34. The van der Waals surface area contributed by atoms with Crippen molar-refractivity contribution in [3.05, 3.63) is 66.0 Å². The monoisotopic (exact) mass is 338 g/mol. The highest BCUT2D eigenvalue weighted by atomic mass is 16.2. The maximum absolute atomic E-state index is 12.1. The van der Waals surface area contributed by atoms with Gasteiger partial charge in [0, 0.05) is 45.5 Å². The van der Waals surface area contributed by atoms with Gasteiger partial charge in [-0.2, -0.15) is 0 Å². The van der Waals surface area contributed by atoms with Crippen molar-refractivity contribution in [2.75, 3.05) is 39.3 Å². The minimum atomic E-state index is 0.120. The zero-order valence-corrected chi connectivity index (χ0v) is 14.6. The van der Waals surface area contributed by atoms with Gasteiger partial charge in [0.1, 0.15) is 0 Å². The maximum atomic E-state index is 12.1. The third-order valence-corrected chi connectivity index (χ3v) is 4.52. The average Bonchev–Trinajstić information content (AvgIpc) is 2.65. The maximum Gasteiger partial charge on any atom is 0.234 e. The number of hydrogen-bond donors (Lipinski definition) is 1. The first-order valence-electron chi connectivity index (χ1n) is 8.95. The first-order valence-corrected chi connectivity index (χ1v) is 8.95. The number of nitrogens with zero attached hydrogens (tertiary/aromatic N) is 3. The summed E-state index contributed by atoms with van der Waals surface area (Å²) >= 11 is 0. The minimum Gasteiger partial charge on any atom is -0.355 e. The van der Waals surface area contributed by atoms with Gasteiger partial charge in [-0.05, 0) is 24.1 Å². The molecule has 1 saturated heterocycles. The summed E-state index contributed by atoms with van der Waals surface area (Å²) in [6, 6.07) is 16.3. The molecular formula is C20H26N4O. The summed E-state index contributed by atoms with van der Waals surface area (Å²) in [5.74, 6) is 0.120. The van der Waals surface area contributed by atoms with Crippen molar-refractivity contribution in [3.63, 3.8) is 0 Å². The van der Waals surface area contributed by atoms with E-state index in [1.54, 1.807) is 0 Å². The molecule has 3 rings (SSSR count). The number of piperazine rings is 1. The third kappa shape index (κ3) is 5.96. The number of rotatable bonds is 7. The second kappa shape index (κ2) is 9.30. The molecular weight excluding hydrogens is 312 g/mol. The van der Waals surface area contributed by atoms with E-state index in [0.717, 1.165) is 44.8 Å². The lowest BCUT2D eigenvalue weighted by Crippen LogP contribution is -2.49. The molecule has 132 valence electrons. The van der Waals surface area contributed by atoms with Gasteiger partial charge in [-0.3, -0.25) is 19.6 Å². The average molecular weight is 338 g/mol. The summed E-state index contributed by atoms with van der Waals surface area (Å²) in [6.45, 7) is 5.90. The van der Waals surface area contributed by atoms with Gasteiger partial charge in [-0.15, -0.1) is 0 Å². The van der Waals surface area contributed by atoms with Gasteiger partial charge in [0.2, 0.25) is 5.91 Å². The van der Waals surface area contributed by atoms with E-state index in [1.807, 2.05) is 36.5 Å². The highest BCUT2D eigenvalue weighted by Crippen LogP contribution is 2.06. The first-order chi connectivity index (χ1) is 12.3. The quantitative estimate of drug-likeness (QED) is 0.832. The summed E-state index contributed by atoms with van der Waals surface area (Å²) in [4.78, 5) is 21.1. The van der Waals surface area contributed by atoms with Crippen molar-refractivity contribution in [1.29, 1.82) is 0 Å². The molecule has 1 fully saturated rings. The van der Waals surface area contributed by atoms with Crippen molar-refractivity contribution in [3.8, 4) is 0 Å². The van der Waals surface area contributed by atoms with Crippen LogP contribution in [0.5, 0.6) is 0 Å². The molecule has 0 atom stereocenters. The standard InChI is InChI=1S/C20H26N4O/c25-20(22-11-9-18-6-2-1-3-7-18)17-24-14-12-23(13-15-24)16-19-8-4-5-10-21-19/h1-8,10H,9,11-17H2,(H,22,25). The summed E-state index contributed by atoms with van der Waals surface area (Å²) < 4.78 is 0. The molecule has 2 aromatic rings. The molecule has 1 aromatic heterocycles. The number of hydrogen-bond acceptors (Lipinski definition) is 4. The Kier molecular flexibility index (Phi) is 6.54. The lowest BCUT2D eigenvalue weighted by molar-refractivity contribution is -0.122. The Balaban J connectivity index is 1.32. The van der Waals surface area contributed by atoms with Gasteiger partial charge >= 0.3 is 0 Å². The number of pyridine rings is 1. The Bertz CT molecular complexity index is 639. The number of amides is 1. The van der Waals surface area contributed by atoms with E-state index in [1.165, 1.54) is 5.56 Å². The van der Waals surface area contributed by atoms with E-state index in [4.69, 9.17) is 0 Å². The van der Waals surface area contributed by atoms with Crippen LogP contribution in [0.2, 0.25) is 0 Å². The number of carbonyl (C=O) groups is 1. The van der Waals surface area contributed by atoms with Crippen LogP contribution in [0.4, 0.5) is 0 Å². The fourth-order valence-corrected chi connectivity index (χ4v) is 3.08. The van der Waals surface area contributed by atoms with Gasteiger partial charge < -0.3 is 5.32 Å². The first kappa shape index (κ1) is 17.6. The second-order valence-corrected chi connectivity index (χ2v) is 6.46. The van der Waals surface area contributed by atoms with E-state index >= 15 is 0 Å². The molecule has 25 heavy (non-hydrogen) atoms. The van der Waals surface area contributed by atoms with E-state index in [0.29, 0.717) is 13.1 Å². The topological polar surface area (TPSA) is 48.5 Å². The van der Waals surface area contributed by atoms with Gasteiger partial charge in [0.05, 0.1) is 12.2 Å². The number of nitrogens with one attached hydrogen (secondary N) is 1. The van der Waals surface area contributed by atoms with Crippen molar-refractivity contribution < 1.29 is 4.79 Å². The Hall–Kier alpha value is -2.24. The molecule has 0 saturated carbocycles. The largest absolute Gasteiger partial charge is 0.355 e. The fraction of sp³-hybridized carbons (Fsp3) is 0.400. The van der Waals surface area contributed by atoms with Crippen LogP contribution in [0.1, 0.15) is 11.3 Å². The molecule has 2 heterocycles. The summed E-state index contributed by atoms with van der Waals surface area (Å²) in [7, 11) is 0. The molecule has 1 aliphatic heterocycles. The number of carbonyl (C=O) groups excluding carboxylic acids is 1. The van der Waals surface area contributed by atoms with Gasteiger partial charge in [-0.25, -0.2) is 0 Å². The van der Waals surface area contributed by atoms with Gasteiger partial charge in [0.15, 0.2) is 0 Å². The summed E-state index contributed by atoms with van der Waals surface area (Å²) in [5.41, 5.74) is 2.36. The van der Waals surface area contributed by atoms with Crippen LogP contribution in [0.3, 0.4) is 0 Å². The van der Waals surface area contributed by atoms with E-state index in [-0.39, 0.29) is 5.91 Å². The smallest absolute Gasteiger partial charge is 0.234 e. The molecule has 0 bridgehead atoms. The Morgan fingerprint density at radius 2 is 1.68 bits per heavy atom. The molecule has 5 nitrogen and oxygen atoms in total. The van der Waals surface area contributed by atoms with Crippen LogP contribution in [-0.4, -0.2) is 60.0 Å². The molecule has 5 heteroatoms. The molecule has 1 aromatic carbocycles. The lowest BCUT2D eigenvalue weighted by atomic mass is 10.1. The Labute approximate surface area is 149 Å². The van der Waals surface area contributed by atoms with E-state index in [9.17, 15) is 4.79 Å². The summed E-state index contributed by atoms with van der Waals surface area (Å²) in [5, 5.41) is 3.03. The zero-order chi connectivity index (χ0) is 17.3.